The van der Waals surface area contributed by atoms with E-state index in [9.17, 15) is 9.59 Å². The minimum absolute atomic E-state index is 0.227. The van der Waals surface area contributed by atoms with Gasteiger partial charge in [-0.1, -0.05) is 13.8 Å². The molecule has 0 bridgehead atoms. The van der Waals surface area contributed by atoms with Crippen LogP contribution in [0.25, 0.3) is 0 Å². The number of carbonyl (C=O) groups is 1. The first-order valence-electron chi connectivity index (χ1n) is 5.80. The van der Waals surface area contributed by atoms with Gasteiger partial charge in [-0.25, -0.2) is 9.78 Å². The Balaban J connectivity index is 2.18. The van der Waals surface area contributed by atoms with Crippen molar-refractivity contribution in [2.24, 2.45) is 0 Å². The summed E-state index contributed by atoms with van der Waals surface area (Å²) in [5.41, 5.74) is 0.487. The van der Waals surface area contributed by atoms with Gasteiger partial charge in [0, 0.05) is 23.1 Å². The lowest BCUT2D eigenvalue weighted by Crippen LogP contribution is -2.19. The average molecular weight is 278 g/mol. The van der Waals surface area contributed by atoms with Crippen LogP contribution >= 0.6 is 11.3 Å². The van der Waals surface area contributed by atoms with Gasteiger partial charge in [-0.15, -0.1) is 11.3 Å². The molecule has 2 rings (SSSR count). The van der Waals surface area contributed by atoms with Crippen molar-refractivity contribution in [3.8, 4) is 0 Å². The molecule has 0 aliphatic heterocycles. The van der Waals surface area contributed by atoms with Crippen molar-refractivity contribution in [3.05, 3.63) is 38.3 Å². The van der Waals surface area contributed by atoms with Crippen molar-refractivity contribution >= 4 is 23.1 Å². The van der Waals surface area contributed by atoms with Gasteiger partial charge in [0.25, 0.3) is 5.91 Å². The topological polar surface area (TPSA) is 87.7 Å². The third-order valence-corrected chi connectivity index (χ3v) is 3.51. The summed E-state index contributed by atoms with van der Waals surface area (Å²) in [5.74, 6) is 0.150. The van der Waals surface area contributed by atoms with Crippen LogP contribution in [0.4, 0.5) is 5.82 Å². The van der Waals surface area contributed by atoms with Crippen LogP contribution in [-0.2, 0) is 0 Å². The summed E-state index contributed by atoms with van der Waals surface area (Å²) in [6.07, 6.45) is 0. The maximum atomic E-state index is 12.0. The van der Waals surface area contributed by atoms with Crippen LogP contribution in [0.15, 0.2) is 16.2 Å². The fourth-order valence-corrected chi connectivity index (χ4v) is 2.30. The van der Waals surface area contributed by atoms with Gasteiger partial charge in [-0.3, -0.25) is 4.79 Å². The Labute approximate surface area is 113 Å². The van der Waals surface area contributed by atoms with E-state index in [1.165, 1.54) is 11.3 Å². The molecular formula is C12H14N4O2S. The zero-order valence-corrected chi connectivity index (χ0v) is 11.7. The molecule has 0 saturated heterocycles. The number of hydrogen-bond acceptors (Lipinski definition) is 5. The normalized spacial score (nSPS) is 10.7. The lowest BCUT2D eigenvalue weighted by molar-refractivity contribution is 0.102. The van der Waals surface area contributed by atoms with E-state index in [4.69, 9.17) is 0 Å². The Morgan fingerprint density at radius 2 is 2.16 bits per heavy atom. The molecular weight excluding hydrogens is 264 g/mol. The van der Waals surface area contributed by atoms with E-state index in [0.717, 1.165) is 5.01 Å². The molecule has 0 aliphatic carbocycles. The first-order valence-corrected chi connectivity index (χ1v) is 6.68. The number of amides is 1. The molecule has 1 amide bonds. The quantitative estimate of drug-likeness (QED) is 0.897. The number of nitrogens with zero attached hydrogens (tertiary/aromatic N) is 2. The number of aromatic amines is 1. The molecule has 6 nitrogen and oxygen atoms in total. The van der Waals surface area contributed by atoms with E-state index < -0.39 is 5.69 Å². The van der Waals surface area contributed by atoms with Crippen molar-refractivity contribution in [1.29, 1.82) is 0 Å². The Morgan fingerprint density at radius 1 is 1.42 bits per heavy atom. The summed E-state index contributed by atoms with van der Waals surface area (Å²) in [6.45, 7) is 5.75. The maximum Gasteiger partial charge on any atom is 0.347 e. The molecule has 2 aromatic rings. The van der Waals surface area contributed by atoms with E-state index in [1.807, 2.05) is 13.8 Å². The number of carbonyl (C=O) groups excluding carboxylic acids is 1. The number of H-pyrrole nitrogens is 1. The Morgan fingerprint density at radius 3 is 2.74 bits per heavy atom. The molecule has 0 atom stereocenters. The van der Waals surface area contributed by atoms with E-state index in [-0.39, 0.29) is 17.6 Å². The van der Waals surface area contributed by atoms with Crippen molar-refractivity contribution in [2.75, 3.05) is 5.32 Å². The maximum absolute atomic E-state index is 12.0. The minimum Gasteiger partial charge on any atom is -0.310 e. The standard InChI is InChI=1S/C12H14N4O2S/c1-6(2)11-14-8(5-19-11)10(17)15-9-4-7(3)13-12(18)16-9/h4-6H,1-3H3,(H2,13,15,16,17,18). The Bertz CT molecular complexity index is 660. The minimum atomic E-state index is -0.489. The van der Waals surface area contributed by atoms with Gasteiger partial charge in [0.05, 0.1) is 5.01 Å². The second-order valence-electron chi connectivity index (χ2n) is 4.43. The van der Waals surface area contributed by atoms with E-state index in [0.29, 0.717) is 11.4 Å². The van der Waals surface area contributed by atoms with Gasteiger partial charge in [0.2, 0.25) is 0 Å². The lowest BCUT2D eigenvalue weighted by atomic mass is 10.2. The van der Waals surface area contributed by atoms with E-state index >= 15 is 0 Å². The van der Waals surface area contributed by atoms with Gasteiger partial charge in [-0.05, 0) is 6.92 Å². The smallest absolute Gasteiger partial charge is 0.310 e. The van der Waals surface area contributed by atoms with Crippen molar-refractivity contribution in [1.82, 2.24) is 15.0 Å². The molecule has 0 radical (unpaired) electrons. The molecule has 2 aromatic heterocycles. The lowest BCUT2D eigenvalue weighted by Gasteiger charge is -2.02. The fraction of sp³-hybridized carbons (Fsp3) is 0.333. The molecule has 0 saturated carbocycles. The Hall–Kier alpha value is -2.02. The molecule has 2 N–H and O–H groups in total. The fourth-order valence-electron chi connectivity index (χ4n) is 1.48. The highest BCUT2D eigenvalue weighted by Crippen LogP contribution is 2.19. The third-order valence-electron chi connectivity index (χ3n) is 2.37. The van der Waals surface area contributed by atoms with Gasteiger partial charge in [0.15, 0.2) is 0 Å². The van der Waals surface area contributed by atoms with Gasteiger partial charge < -0.3 is 10.3 Å². The molecule has 0 aromatic carbocycles. The number of anilines is 1. The first-order chi connectivity index (χ1) is 8.95. The predicted octanol–water partition coefficient (Wildman–Crippen LogP) is 1.91. The summed E-state index contributed by atoms with van der Waals surface area (Å²) < 4.78 is 0. The van der Waals surface area contributed by atoms with E-state index in [1.54, 1.807) is 18.4 Å². The number of aromatic nitrogens is 3. The molecule has 19 heavy (non-hydrogen) atoms. The summed E-state index contributed by atoms with van der Waals surface area (Å²) in [5, 5.41) is 5.17. The number of rotatable bonds is 3. The van der Waals surface area contributed by atoms with Crippen molar-refractivity contribution in [3.63, 3.8) is 0 Å². The van der Waals surface area contributed by atoms with Crippen molar-refractivity contribution in [2.45, 2.75) is 26.7 Å². The molecule has 7 heteroatoms. The molecule has 0 spiro atoms. The zero-order chi connectivity index (χ0) is 14.0. The van der Waals surface area contributed by atoms with Crippen LogP contribution in [0.1, 0.15) is 41.0 Å². The van der Waals surface area contributed by atoms with Crippen LogP contribution in [-0.4, -0.2) is 20.9 Å². The molecule has 2 heterocycles. The van der Waals surface area contributed by atoms with Crippen LogP contribution in [0.2, 0.25) is 0 Å². The zero-order valence-electron chi connectivity index (χ0n) is 10.9. The summed E-state index contributed by atoms with van der Waals surface area (Å²) in [4.78, 5) is 33.6. The number of aryl methyl sites for hydroxylation is 1. The number of thiazole rings is 1. The van der Waals surface area contributed by atoms with Gasteiger partial charge in [-0.2, -0.15) is 4.98 Å². The Kier molecular flexibility index (Phi) is 3.75. The van der Waals surface area contributed by atoms with E-state index in [2.05, 4.69) is 20.3 Å². The number of nitrogens with one attached hydrogen (secondary N) is 2. The highest BCUT2D eigenvalue weighted by Gasteiger charge is 2.13. The third kappa shape index (κ3) is 3.25. The van der Waals surface area contributed by atoms with Crippen LogP contribution < -0.4 is 11.0 Å². The summed E-state index contributed by atoms with van der Waals surface area (Å²) in [7, 11) is 0. The van der Waals surface area contributed by atoms with Crippen LogP contribution in [0.5, 0.6) is 0 Å². The van der Waals surface area contributed by atoms with Gasteiger partial charge in [0.1, 0.15) is 11.5 Å². The summed E-state index contributed by atoms with van der Waals surface area (Å²) in [6, 6.07) is 1.59. The molecule has 0 unspecified atom stereocenters. The monoisotopic (exact) mass is 278 g/mol. The second kappa shape index (κ2) is 5.31. The highest BCUT2D eigenvalue weighted by molar-refractivity contribution is 7.09. The highest BCUT2D eigenvalue weighted by atomic mass is 32.1. The van der Waals surface area contributed by atoms with Crippen molar-refractivity contribution < 1.29 is 4.79 Å². The predicted molar refractivity (Wildman–Crippen MR) is 73.8 cm³/mol. The van der Waals surface area contributed by atoms with Crippen LogP contribution in [0, 0.1) is 6.92 Å². The number of hydrogen-bond donors (Lipinski definition) is 2. The SMILES string of the molecule is Cc1cc(NC(=O)c2csc(C(C)C)n2)nc(=O)[nH]1. The largest absolute Gasteiger partial charge is 0.347 e. The molecule has 0 aliphatic rings. The van der Waals surface area contributed by atoms with Gasteiger partial charge >= 0.3 is 5.69 Å². The average Bonchev–Trinajstić information content (AvgIpc) is 2.76. The molecule has 100 valence electrons. The second-order valence-corrected chi connectivity index (χ2v) is 5.32. The van der Waals surface area contributed by atoms with Crippen LogP contribution in [0.3, 0.4) is 0 Å². The molecule has 0 fully saturated rings. The first kappa shape index (κ1) is 13.4. The summed E-state index contributed by atoms with van der Waals surface area (Å²) >= 11 is 1.44.